The summed E-state index contributed by atoms with van der Waals surface area (Å²) in [7, 11) is 1.40. The van der Waals surface area contributed by atoms with Gasteiger partial charge in [0.15, 0.2) is 23.8 Å². The molecule has 2 fully saturated rings. The number of aliphatic hydroxyl groups is 2. The molecular weight excluding hydrogens is 504 g/mol. The van der Waals surface area contributed by atoms with Crippen LogP contribution in [0.4, 0.5) is 5.82 Å². The average Bonchev–Trinajstić information content (AvgIpc) is 3.58. The second-order valence-corrected chi connectivity index (χ2v) is 9.02. The number of nitrogens with one attached hydrogen (secondary N) is 1. The second kappa shape index (κ2) is 9.91. The third-order valence-corrected chi connectivity index (χ3v) is 6.36. The van der Waals surface area contributed by atoms with E-state index in [1.165, 1.54) is 24.1 Å². The maximum Gasteiger partial charge on any atom is 0.256 e. The van der Waals surface area contributed by atoms with Crippen LogP contribution in [0.3, 0.4) is 0 Å². The smallest absolute Gasteiger partial charge is 0.256 e. The van der Waals surface area contributed by atoms with Crippen LogP contribution in [0.15, 0.2) is 24.7 Å². The molecule has 2 aliphatic rings. The third-order valence-electron chi connectivity index (χ3n) is 6.14. The lowest BCUT2D eigenvalue weighted by Crippen LogP contribution is -2.41. The predicted octanol–water partition coefficient (Wildman–Crippen LogP) is -0.522. The fraction of sp³-hybridized carbons (Fsp3) is 0.391. The average molecular weight is 527 g/mol. The fourth-order valence-corrected chi connectivity index (χ4v) is 4.17. The van der Waals surface area contributed by atoms with Crippen molar-refractivity contribution in [3.05, 3.63) is 41.2 Å². The third kappa shape index (κ3) is 4.79. The highest BCUT2D eigenvalue weighted by atomic mass is 35.5. The summed E-state index contributed by atoms with van der Waals surface area (Å²) in [6.45, 7) is 0.136. The maximum atomic E-state index is 12.9. The molecule has 192 valence electrons. The van der Waals surface area contributed by atoms with Crippen LogP contribution in [-0.4, -0.2) is 89.4 Å². The van der Waals surface area contributed by atoms with Crippen molar-refractivity contribution in [3.63, 3.8) is 0 Å². The van der Waals surface area contributed by atoms with E-state index in [0.29, 0.717) is 10.7 Å². The number of nitrogens with two attached hydrogens (primary N) is 1. The van der Waals surface area contributed by atoms with Gasteiger partial charge in [-0.25, -0.2) is 19.9 Å². The van der Waals surface area contributed by atoms with Gasteiger partial charge in [-0.15, -0.1) is 0 Å². The number of carbonyl (C=O) groups excluding carboxylic acids is 2. The van der Waals surface area contributed by atoms with Gasteiger partial charge < -0.3 is 30.9 Å². The Hall–Kier alpha value is -3.83. The first kappa shape index (κ1) is 24.8. The number of hydrogen-bond acceptors (Lipinski definition) is 10. The van der Waals surface area contributed by atoms with Gasteiger partial charge in [-0.3, -0.25) is 14.2 Å². The Kier molecular flexibility index (Phi) is 6.65. The molecule has 0 aromatic carbocycles. The number of carbonyl (C=O) groups is 2. The van der Waals surface area contributed by atoms with Crippen LogP contribution in [0.25, 0.3) is 11.2 Å². The highest BCUT2D eigenvalue weighted by Gasteiger charge is 2.47. The highest BCUT2D eigenvalue weighted by Crippen LogP contribution is 2.32. The van der Waals surface area contributed by atoms with E-state index in [4.69, 9.17) is 22.1 Å². The minimum Gasteiger partial charge on any atom is -0.387 e. The summed E-state index contributed by atoms with van der Waals surface area (Å²) in [4.78, 5) is 43.3. The fourth-order valence-electron chi connectivity index (χ4n) is 4.05. The first-order valence-corrected chi connectivity index (χ1v) is 11.8. The van der Waals surface area contributed by atoms with Gasteiger partial charge in [-0.05, 0) is 30.9 Å². The summed E-state index contributed by atoms with van der Waals surface area (Å²) in [6, 6.07) is 3.26. The van der Waals surface area contributed by atoms with Crippen LogP contribution in [-0.2, 0) is 9.53 Å². The SMILES string of the molecule is CNC(=O)C1OC(n2cnc3c(N)nc(C#CCN(C(=O)c4ccc(Cl)nc4)C4CC4)nc32)[C@H](O)[C@@H]1O. The number of aliphatic hydroxyl groups excluding tert-OH is 2. The molecule has 14 heteroatoms. The van der Waals surface area contributed by atoms with Gasteiger partial charge in [-0.1, -0.05) is 17.5 Å². The Balaban J connectivity index is 1.39. The van der Waals surface area contributed by atoms with Crippen molar-refractivity contribution in [2.75, 3.05) is 19.3 Å². The predicted molar refractivity (Wildman–Crippen MR) is 130 cm³/mol. The molecule has 0 spiro atoms. The number of rotatable bonds is 5. The Morgan fingerprint density at radius 3 is 2.73 bits per heavy atom. The number of pyridine rings is 1. The minimum atomic E-state index is -1.46. The molecule has 5 rings (SSSR count). The Morgan fingerprint density at radius 2 is 2.05 bits per heavy atom. The zero-order valence-electron chi connectivity index (χ0n) is 19.6. The van der Waals surface area contributed by atoms with Crippen LogP contribution in [0.2, 0.25) is 5.15 Å². The Morgan fingerprint density at radius 1 is 1.27 bits per heavy atom. The lowest BCUT2D eigenvalue weighted by molar-refractivity contribution is -0.137. The van der Waals surface area contributed by atoms with E-state index in [9.17, 15) is 19.8 Å². The molecule has 4 atom stereocenters. The molecule has 4 heterocycles. The summed E-state index contributed by atoms with van der Waals surface area (Å²) in [5.41, 5.74) is 6.92. The van der Waals surface area contributed by atoms with Crippen molar-refractivity contribution in [2.45, 2.75) is 43.4 Å². The largest absolute Gasteiger partial charge is 0.387 e. The molecule has 0 radical (unpaired) electrons. The highest BCUT2D eigenvalue weighted by molar-refractivity contribution is 6.29. The summed E-state index contributed by atoms with van der Waals surface area (Å²) < 4.78 is 6.97. The number of anilines is 1. The quantitative estimate of drug-likeness (QED) is 0.249. The number of hydrogen-bond donors (Lipinski definition) is 4. The summed E-state index contributed by atoms with van der Waals surface area (Å²) in [5.74, 6) is 5.09. The van der Waals surface area contributed by atoms with Crippen molar-refractivity contribution in [1.29, 1.82) is 0 Å². The number of amides is 2. The standard InChI is InChI=1S/C23H23ClN8O5/c1-26-21(35)18-16(33)17(34)23(37-18)32-10-28-15-19(25)29-14(30-20(15)32)3-2-8-31(12-5-6-12)22(36)11-4-7-13(24)27-9-11/h4,7,9-10,12,16-18,23,33-34H,5-6,8H2,1H3,(H,26,35)(H2,25,29,30)/t16-,17+,18?,23?/m0/s1. The zero-order chi connectivity index (χ0) is 26.3. The number of ether oxygens (including phenoxy) is 1. The molecule has 2 amide bonds. The second-order valence-electron chi connectivity index (χ2n) is 8.63. The first-order valence-electron chi connectivity index (χ1n) is 11.4. The van der Waals surface area contributed by atoms with Crippen LogP contribution in [0.5, 0.6) is 0 Å². The van der Waals surface area contributed by atoms with E-state index in [1.807, 2.05) is 0 Å². The number of halogens is 1. The Bertz CT molecular complexity index is 1410. The van der Waals surface area contributed by atoms with E-state index >= 15 is 0 Å². The van der Waals surface area contributed by atoms with Gasteiger partial charge >= 0.3 is 0 Å². The van der Waals surface area contributed by atoms with E-state index in [-0.39, 0.29) is 41.3 Å². The molecule has 13 nitrogen and oxygen atoms in total. The maximum absolute atomic E-state index is 12.9. The molecule has 37 heavy (non-hydrogen) atoms. The topological polar surface area (TPSA) is 182 Å². The van der Waals surface area contributed by atoms with Crippen LogP contribution >= 0.6 is 11.6 Å². The van der Waals surface area contributed by atoms with Crippen LogP contribution in [0, 0.1) is 11.8 Å². The van der Waals surface area contributed by atoms with Crippen LogP contribution in [0.1, 0.15) is 35.3 Å². The number of nitrogens with zero attached hydrogens (tertiary/aromatic N) is 6. The first-order chi connectivity index (χ1) is 17.8. The summed E-state index contributed by atoms with van der Waals surface area (Å²) >= 11 is 5.82. The molecule has 5 N–H and O–H groups in total. The van der Waals surface area contributed by atoms with E-state index < -0.39 is 30.4 Å². The molecule has 1 aliphatic heterocycles. The molecule has 3 aromatic heterocycles. The van der Waals surface area contributed by atoms with Gasteiger partial charge in [0.25, 0.3) is 11.8 Å². The van der Waals surface area contributed by atoms with Gasteiger partial charge in [0.05, 0.1) is 18.4 Å². The molecule has 1 aliphatic carbocycles. The summed E-state index contributed by atoms with van der Waals surface area (Å²) in [5, 5.41) is 23.5. The summed E-state index contributed by atoms with van der Waals surface area (Å²) in [6.07, 6.45) is -0.777. The van der Waals surface area contributed by atoms with Crippen molar-refractivity contribution in [2.24, 2.45) is 0 Å². The van der Waals surface area contributed by atoms with E-state index in [1.54, 1.807) is 17.0 Å². The lowest BCUT2D eigenvalue weighted by Gasteiger charge is -2.19. The van der Waals surface area contributed by atoms with Gasteiger partial charge in [0.2, 0.25) is 5.82 Å². The van der Waals surface area contributed by atoms with Gasteiger partial charge in [0, 0.05) is 19.3 Å². The van der Waals surface area contributed by atoms with Gasteiger partial charge in [0.1, 0.15) is 22.9 Å². The number of likely N-dealkylation sites (N-methyl/N-ethyl adjacent to an activating group) is 1. The number of nitrogen functional groups attached to an aromatic ring is 1. The zero-order valence-corrected chi connectivity index (χ0v) is 20.3. The molecule has 2 unspecified atom stereocenters. The molecule has 3 aromatic rings. The van der Waals surface area contributed by atoms with Crippen molar-refractivity contribution in [1.82, 2.24) is 34.7 Å². The molecule has 0 bridgehead atoms. The number of fused-ring (bicyclic) bond motifs is 1. The van der Waals surface area contributed by atoms with Gasteiger partial charge in [-0.2, -0.15) is 0 Å². The number of aromatic nitrogens is 5. The monoisotopic (exact) mass is 526 g/mol. The normalized spacial score (nSPS) is 22.9. The van der Waals surface area contributed by atoms with E-state index in [2.05, 4.69) is 37.1 Å². The number of imidazole rings is 1. The molecule has 1 saturated carbocycles. The van der Waals surface area contributed by atoms with Crippen molar-refractivity contribution in [3.8, 4) is 11.8 Å². The van der Waals surface area contributed by atoms with Crippen molar-refractivity contribution >= 4 is 40.4 Å². The lowest BCUT2D eigenvalue weighted by atomic mass is 10.1. The molecular formula is C23H23ClN8O5. The Labute approximate surface area is 215 Å². The van der Waals surface area contributed by atoms with Crippen LogP contribution < -0.4 is 11.1 Å². The van der Waals surface area contributed by atoms with E-state index in [0.717, 1.165) is 12.8 Å². The molecule has 1 saturated heterocycles. The minimum absolute atomic E-state index is 0.0475. The van der Waals surface area contributed by atoms with Crippen molar-refractivity contribution < 1.29 is 24.5 Å².